The molecule has 1 atom stereocenters. The molecule has 1 aliphatic rings. The molecule has 1 aromatic carbocycles. The van der Waals surface area contributed by atoms with E-state index in [1.54, 1.807) is 10.9 Å². The first-order valence-electron chi connectivity index (χ1n) is 7.94. The summed E-state index contributed by atoms with van der Waals surface area (Å²) in [5.74, 6) is 0.0953. The summed E-state index contributed by atoms with van der Waals surface area (Å²) in [5.41, 5.74) is 3.57. The topological polar surface area (TPSA) is 89.8 Å². The highest BCUT2D eigenvalue weighted by atomic mass is 16.7. The second kappa shape index (κ2) is 6.51. The number of nitrogens with zero attached hydrogens (tertiary/aromatic N) is 1. The van der Waals surface area contributed by atoms with E-state index in [4.69, 9.17) is 14.6 Å². The normalized spacial score (nSPS) is 17.9. The van der Waals surface area contributed by atoms with E-state index in [0.717, 1.165) is 5.56 Å². The van der Waals surface area contributed by atoms with Gasteiger partial charge in [-0.25, -0.2) is 4.79 Å². The van der Waals surface area contributed by atoms with E-state index >= 15 is 0 Å². The monoisotopic (exact) mass is 344 g/mol. The second-order valence-corrected chi connectivity index (χ2v) is 6.63. The van der Waals surface area contributed by atoms with E-state index < -0.39 is 17.7 Å². The molecule has 2 aromatic rings. The SMILES string of the molecule is CC1(C)CNn2ccc(=O)c(OCc3ccccc3)c2C1OC(=O)O. The first kappa shape index (κ1) is 16.9. The molecular weight excluding hydrogens is 324 g/mol. The fraction of sp³-hybridized carbons (Fsp3) is 0.333. The first-order valence-corrected chi connectivity index (χ1v) is 7.94. The van der Waals surface area contributed by atoms with Crippen LogP contribution in [0.25, 0.3) is 0 Å². The summed E-state index contributed by atoms with van der Waals surface area (Å²) < 4.78 is 12.5. The number of aromatic nitrogens is 1. The third kappa shape index (κ3) is 3.45. The van der Waals surface area contributed by atoms with Crippen molar-refractivity contribution in [3.8, 4) is 5.75 Å². The Balaban J connectivity index is 2.01. The summed E-state index contributed by atoms with van der Waals surface area (Å²) in [4.78, 5) is 23.6. The van der Waals surface area contributed by atoms with E-state index in [9.17, 15) is 9.59 Å². The second-order valence-electron chi connectivity index (χ2n) is 6.63. The van der Waals surface area contributed by atoms with E-state index in [0.29, 0.717) is 12.2 Å². The Kier molecular flexibility index (Phi) is 4.39. The lowest BCUT2D eigenvalue weighted by atomic mass is 9.83. The Hall–Kier alpha value is -2.96. The summed E-state index contributed by atoms with van der Waals surface area (Å²) in [6.45, 7) is 4.43. The van der Waals surface area contributed by atoms with Gasteiger partial charge in [0.25, 0.3) is 0 Å². The zero-order chi connectivity index (χ0) is 18.0. The molecule has 1 aromatic heterocycles. The van der Waals surface area contributed by atoms with Gasteiger partial charge in [-0.3, -0.25) is 9.47 Å². The molecule has 0 fully saturated rings. The number of hydrogen-bond donors (Lipinski definition) is 2. The van der Waals surface area contributed by atoms with Crippen LogP contribution in [0.3, 0.4) is 0 Å². The molecule has 2 N–H and O–H groups in total. The van der Waals surface area contributed by atoms with Gasteiger partial charge in [-0.1, -0.05) is 44.2 Å². The van der Waals surface area contributed by atoms with Crippen molar-refractivity contribution in [2.24, 2.45) is 5.41 Å². The Bertz CT molecular complexity index is 829. The van der Waals surface area contributed by atoms with Crippen molar-refractivity contribution in [1.82, 2.24) is 4.68 Å². The van der Waals surface area contributed by atoms with Gasteiger partial charge in [0, 0.05) is 24.2 Å². The van der Waals surface area contributed by atoms with Gasteiger partial charge in [-0.05, 0) is 5.56 Å². The van der Waals surface area contributed by atoms with Crippen LogP contribution < -0.4 is 15.6 Å². The maximum Gasteiger partial charge on any atom is 0.506 e. The molecular formula is C18H20N2O5. The predicted molar refractivity (Wildman–Crippen MR) is 91.3 cm³/mol. The average molecular weight is 344 g/mol. The van der Waals surface area contributed by atoms with E-state index in [2.05, 4.69) is 5.43 Å². The Morgan fingerprint density at radius 2 is 2.04 bits per heavy atom. The number of carboxylic acid groups (broad SMARTS) is 1. The number of benzene rings is 1. The van der Waals surface area contributed by atoms with Crippen molar-refractivity contribution in [3.05, 3.63) is 64.1 Å². The minimum absolute atomic E-state index is 0.0953. The first-order chi connectivity index (χ1) is 11.9. The molecule has 0 amide bonds. The molecule has 1 unspecified atom stereocenters. The molecule has 25 heavy (non-hydrogen) atoms. The summed E-state index contributed by atoms with van der Waals surface area (Å²) >= 11 is 0. The number of nitrogens with one attached hydrogen (secondary N) is 1. The van der Waals surface area contributed by atoms with Gasteiger partial charge >= 0.3 is 6.16 Å². The lowest BCUT2D eigenvalue weighted by Gasteiger charge is -2.40. The maximum absolute atomic E-state index is 12.4. The van der Waals surface area contributed by atoms with Gasteiger partial charge in [0.05, 0.1) is 0 Å². The van der Waals surface area contributed by atoms with Crippen LogP contribution in [0, 0.1) is 5.41 Å². The summed E-state index contributed by atoms with van der Waals surface area (Å²) in [6, 6.07) is 10.8. The van der Waals surface area contributed by atoms with Crippen molar-refractivity contribution in [3.63, 3.8) is 0 Å². The van der Waals surface area contributed by atoms with Gasteiger partial charge in [0.1, 0.15) is 12.3 Å². The molecule has 2 heterocycles. The number of carbonyl (C=O) groups is 1. The van der Waals surface area contributed by atoms with Crippen LogP contribution in [-0.2, 0) is 11.3 Å². The highest BCUT2D eigenvalue weighted by molar-refractivity contribution is 5.58. The number of rotatable bonds is 4. The lowest BCUT2D eigenvalue weighted by Crippen LogP contribution is -2.44. The van der Waals surface area contributed by atoms with Gasteiger partial charge in [0.15, 0.2) is 11.9 Å². The molecule has 0 spiro atoms. The Labute approximate surface area is 144 Å². The number of hydrogen-bond acceptors (Lipinski definition) is 5. The van der Waals surface area contributed by atoms with Crippen LogP contribution in [0.4, 0.5) is 4.79 Å². The molecule has 0 radical (unpaired) electrons. The van der Waals surface area contributed by atoms with Crippen LogP contribution in [0.2, 0.25) is 0 Å². The zero-order valence-electron chi connectivity index (χ0n) is 14.1. The molecule has 0 saturated carbocycles. The average Bonchev–Trinajstić information content (AvgIpc) is 2.57. The maximum atomic E-state index is 12.4. The number of fused-ring (bicyclic) bond motifs is 1. The Morgan fingerprint density at radius 3 is 2.72 bits per heavy atom. The van der Waals surface area contributed by atoms with E-state index in [-0.39, 0.29) is 17.8 Å². The third-order valence-electron chi connectivity index (χ3n) is 4.20. The summed E-state index contributed by atoms with van der Waals surface area (Å²) in [7, 11) is 0. The van der Waals surface area contributed by atoms with Crippen molar-refractivity contribution in [1.29, 1.82) is 0 Å². The van der Waals surface area contributed by atoms with E-state index in [1.165, 1.54) is 6.07 Å². The largest absolute Gasteiger partial charge is 0.506 e. The van der Waals surface area contributed by atoms with Crippen molar-refractivity contribution < 1.29 is 19.4 Å². The van der Waals surface area contributed by atoms with Crippen LogP contribution in [-0.4, -0.2) is 22.5 Å². The number of pyridine rings is 1. The predicted octanol–water partition coefficient (Wildman–Crippen LogP) is 2.75. The van der Waals surface area contributed by atoms with Crippen molar-refractivity contribution in [2.45, 2.75) is 26.6 Å². The van der Waals surface area contributed by atoms with Gasteiger partial charge in [-0.2, -0.15) is 0 Å². The lowest BCUT2D eigenvalue weighted by molar-refractivity contribution is -0.0156. The standard InChI is InChI=1S/C18H20N2O5/c1-18(2)11-19-20-9-8-13(21)15(14(20)16(18)25-17(22)23)24-10-12-6-4-3-5-7-12/h3-9,16,19H,10-11H2,1-2H3,(H,22,23). The zero-order valence-corrected chi connectivity index (χ0v) is 14.1. The van der Waals surface area contributed by atoms with Gasteiger partial charge < -0.3 is 20.0 Å². The summed E-state index contributed by atoms with van der Waals surface area (Å²) in [5, 5.41) is 9.12. The quantitative estimate of drug-likeness (QED) is 0.829. The molecule has 7 nitrogen and oxygen atoms in total. The van der Waals surface area contributed by atoms with Crippen LogP contribution >= 0.6 is 0 Å². The van der Waals surface area contributed by atoms with Gasteiger partial charge in [0.2, 0.25) is 5.43 Å². The van der Waals surface area contributed by atoms with Crippen LogP contribution in [0.5, 0.6) is 5.75 Å². The van der Waals surface area contributed by atoms with Crippen molar-refractivity contribution in [2.75, 3.05) is 12.0 Å². The molecule has 7 heteroatoms. The third-order valence-corrected chi connectivity index (χ3v) is 4.20. The minimum atomic E-state index is -1.39. The smallest absolute Gasteiger partial charge is 0.483 e. The molecule has 0 aliphatic carbocycles. The Morgan fingerprint density at radius 1 is 1.32 bits per heavy atom. The van der Waals surface area contributed by atoms with Crippen LogP contribution in [0.1, 0.15) is 31.2 Å². The molecule has 1 aliphatic heterocycles. The highest BCUT2D eigenvalue weighted by Crippen LogP contribution is 2.41. The fourth-order valence-corrected chi connectivity index (χ4v) is 2.86. The molecule has 132 valence electrons. The van der Waals surface area contributed by atoms with E-state index in [1.807, 2.05) is 44.2 Å². The van der Waals surface area contributed by atoms with Crippen LogP contribution in [0.15, 0.2) is 47.4 Å². The molecule has 0 saturated heterocycles. The fourth-order valence-electron chi connectivity index (χ4n) is 2.86. The van der Waals surface area contributed by atoms with Gasteiger partial charge in [-0.15, -0.1) is 0 Å². The molecule has 0 bridgehead atoms. The van der Waals surface area contributed by atoms with Crippen molar-refractivity contribution >= 4 is 6.16 Å². The highest BCUT2D eigenvalue weighted by Gasteiger charge is 2.42. The summed E-state index contributed by atoms with van der Waals surface area (Å²) in [6.07, 6.45) is -0.664. The minimum Gasteiger partial charge on any atom is -0.483 e. The molecule has 3 rings (SSSR count). The number of ether oxygens (including phenoxy) is 2.